The van der Waals surface area contributed by atoms with Crippen molar-refractivity contribution in [2.45, 2.75) is 12.5 Å². The Morgan fingerprint density at radius 2 is 1.78 bits per heavy atom. The van der Waals surface area contributed by atoms with Crippen molar-refractivity contribution < 1.29 is 9.59 Å². The van der Waals surface area contributed by atoms with E-state index in [1.54, 1.807) is 7.05 Å². The van der Waals surface area contributed by atoms with Crippen LogP contribution in [0.5, 0.6) is 0 Å². The van der Waals surface area contributed by atoms with Crippen molar-refractivity contribution in [1.29, 1.82) is 0 Å². The highest BCUT2D eigenvalue weighted by atomic mass is 16.2. The number of likely N-dealkylation sites (N-methyl/N-ethyl adjacent to an activating group) is 1. The lowest BCUT2D eigenvalue weighted by molar-refractivity contribution is -0.138. The number of carbonyl (C=O) groups excluding carboxylic acids is 2. The van der Waals surface area contributed by atoms with Gasteiger partial charge >= 0.3 is 0 Å². The van der Waals surface area contributed by atoms with E-state index in [2.05, 4.69) is 34.1 Å². The second-order valence-electron chi connectivity index (χ2n) is 6.16. The van der Waals surface area contributed by atoms with Gasteiger partial charge in [0.2, 0.25) is 11.8 Å². The number of rotatable bonds is 4. The molecule has 0 radical (unpaired) electrons. The Morgan fingerprint density at radius 1 is 1.09 bits per heavy atom. The zero-order valence-electron chi connectivity index (χ0n) is 13.5. The Balaban J connectivity index is 1.46. The fourth-order valence-corrected chi connectivity index (χ4v) is 3.18. The third-order valence-corrected chi connectivity index (χ3v) is 4.68. The molecule has 2 aliphatic heterocycles. The quantitative estimate of drug-likeness (QED) is 0.780. The zero-order valence-corrected chi connectivity index (χ0v) is 13.5. The van der Waals surface area contributed by atoms with Crippen LogP contribution in [0.4, 0.5) is 0 Å². The second kappa shape index (κ2) is 7.06. The Morgan fingerprint density at radius 3 is 2.39 bits per heavy atom. The van der Waals surface area contributed by atoms with E-state index in [-0.39, 0.29) is 17.9 Å². The number of amides is 2. The number of carbonyl (C=O) groups is 2. The Bertz CT molecular complexity index is 592. The third-order valence-electron chi connectivity index (χ3n) is 4.68. The van der Waals surface area contributed by atoms with Gasteiger partial charge < -0.3 is 0 Å². The zero-order chi connectivity index (χ0) is 16.2. The van der Waals surface area contributed by atoms with Crippen molar-refractivity contribution in [1.82, 2.24) is 14.7 Å². The molecule has 1 aromatic rings. The van der Waals surface area contributed by atoms with Crippen LogP contribution in [-0.4, -0.2) is 72.3 Å². The van der Waals surface area contributed by atoms with Crippen LogP contribution in [0.2, 0.25) is 0 Å². The molecule has 0 aromatic heterocycles. The highest BCUT2D eigenvalue weighted by Gasteiger charge is 2.40. The summed E-state index contributed by atoms with van der Waals surface area (Å²) in [5.41, 5.74) is 1.21. The van der Waals surface area contributed by atoms with Crippen LogP contribution in [0.1, 0.15) is 12.0 Å². The number of benzene rings is 1. The SMILES string of the molecule is CN1C(=O)CC(N2CCN(CC=Cc3ccccc3)CC2)C1=O. The van der Waals surface area contributed by atoms with Gasteiger partial charge in [-0.3, -0.25) is 24.3 Å². The first-order valence-electron chi connectivity index (χ1n) is 8.13. The van der Waals surface area contributed by atoms with E-state index in [0.29, 0.717) is 6.42 Å². The molecule has 0 aliphatic carbocycles. The highest BCUT2D eigenvalue weighted by molar-refractivity contribution is 6.05. The molecule has 5 heteroatoms. The van der Waals surface area contributed by atoms with Crippen LogP contribution in [0.3, 0.4) is 0 Å². The van der Waals surface area contributed by atoms with E-state index in [0.717, 1.165) is 32.7 Å². The number of piperazine rings is 1. The molecular weight excluding hydrogens is 290 g/mol. The lowest BCUT2D eigenvalue weighted by Crippen LogP contribution is -2.52. The molecule has 2 aliphatic rings. The molecule has 0 saturated carbocycles. The third kappa shape index (κ3) is 3.68. The van der Waals surface area contributed by atoms with E-state index in [1.165, 1.54) is 10.5 Å². The minimum atomic E-state index is -0.241. The Labute approximate surface area is 137 Å². The number of hydrogen-bond acceptors (Lipinski definition) is 4. The summed E-state index contributed by atoms with van der Waals surface area (Å²) in [6.07, 6.45) is 4.66. The summed E-state index contributed by atoms with van der Waals surface area (Å²) >= 11 is 0. The highest BCUT2D eigenvalue weighted by Crippen LogP contribution is 2.18. The van der Waals surface area contributed by atoms with E-state index in [4.69, 9.17) is 0 Å². The topological polar surface area (TPSA) is 43.9 Å². The fourth-order valence-electron chi connectivity index (χ4n) is 3.18. The molecular formula is C18H23N3O2. The molecule has 5 nitrogen and oxygen atoms in total. The first-order valence-corrected chi connectivity index (χ1v) is 8.13. The fraction of sp³-hybridized carbons (Fsp3) is 0.444. The van der Waals surface area contributed by atoms with Crippen LogP contribution in [0.25, 0.3) is 6.08 Å². The summed E-state index contributed by atoms with van der Waals surface area (Å²) in [6, 6.07) is 10.0. The van der Waals surface area contributed by atoms with Gasteiger partial charge in [-0.1, -0.05) is 42.5 Å². The van der Waals surface area contributed by atoms with Crippen molar-refractivity contribution in [3.63, 3.8) is 0 Å². The predicted octanol–water partition coefficient (Wildman–Crippen LogP) is 1.07. The van der Waals surface area contributed by atoms with Gasteiger partial charge in [0.15, 0.2) is 0 Å². The summed E-state index contributed by atoms with van der Waals surface area (Å²) in [4.78, 5) is 29.5. The molecule has 2 fully saturated rings. The van der Waals surface area contributed by atoms with Crippen molar-refractivity contribution in [3.8, 4) is 0 Å². The van der Waals surface area contributed by atoms with Gasteiger partial charge in [-0.05, 0) is 5.56 Å². The molecule has 122 valence electrons. The van der Waals surface area contributed by atoms with Gasteiger partial charge in [-0.15, -0.1) is 0 Å². The minimum Gasteiger partial charge on any atom is -0.297 e. The molecule has 0 spiro atoms. The van der Waals surface area contributed by atoms with E-state index in [1.807, 2.05) is 18.2 Å². The van der Waals surface area contributed by atoms with Crippen LogP contribution in [-0.2, 0) is 9.59 Å². The van der Waals surface area contributed by atoms with E-state index < -0.39 is 0 Å². The van der Waals surface area contributed by atoms with Gasteiger partial charge in [0.25, 0.3) is 0 Å². The average molecular weight is 313 g/mol. The molecule has 0 bridgehead atoms. The molecule has 3 rings (SSSR count). The van der Waals surface area contributed by atoms with Gasteiger partial charge in [0, 0.05) is 39.8 Å². The molecule has 0 N–H and O–H groups in total. The maximum absolute atomic E-state index is 12.1. The largest absolute Gasteiger partial charge is 0.297 e. The summed E-state index contributed by atoms with van der Waals surface area (Å²) in [5, 5.41) is 0. The van der Waals surface area contributed by atoms with Crippen LogP contribution in [0, 0.1) is 0 Å². The lowest BCUT2D eigenvalue weighted by atomic mass is 10.1. The van der Waals surface area contributed by atoms with Gasteiger partial charge in [-0.25, -0.2) is 0 Å². The summed E-state index contributed by atoms with van der Waals surface area (Å²) in [6.45, 7) is 4.47. The Kier molecular flexibility index (Phi) is 4.88. The van der Waals surface area contributed by atoms with E-state index >= 15 is 0 Å². The Hall–Kier alpha value is -1.98. The van der Waals surface area contributed by atoms with Gasteiger partial charge in [0.1, 0.15) is 0 Å². The number of hydrogen-bond donors (Lipinski definition) is 0. The van der Waals surface area contributed by atoms with Crippen LogP contribution >= 0.6 is 0 Å². The molecule has 1 aromatic carbocycles. The predicted molar refractivity (Wildman–Crippen MR) is 89.7 cm³/mol. The first-order chi connectivity index (χ1) is 11.1. The molecule has 2 heterocycles. The summed E-state index contributed by atoms with van der Waals surface area (Å²) in [5.74, 6) is -0.111. The van der Waals surface area contributed by atoms with Crippen LogP contribution < -0.4 is 0 Å². The number of likely N-dealkylation sites (tertiary alicyclic amines) is 1. The summed E-state index contributed by atoms with van der Waals surface area (Å²) < 4.78 is 0. The van der Waals surface area contributed by atoms with E-state index in [9.17, 15) is 9.59 Å². The van der Waals surface area contributed by atoms with Crippen molar-refractivity contribution in [3.05, 3.63) is 42.0 Å². The second-order valence-corrected chi connectivity index (χ2v) is 6.16. The summed E-state index contributed by atoms with van der Waals surface area (Å²) in [7, 11) is 1.58. The van der Waals surface area contributed by atoms with Gasteiger partial charge in [0.05, 0.1) is 12.5 Å². The standard InChI is InChI=1S/C18H23N3O2/c1-19-17(22)14-16(18(19)23)21-12-10-20(11-13-21)9-5-8-15-6-3-2-4-7-15/h2-8,16H,9-14H2,1H3. The van der Waals surface area contributed by atoms with Crippen molar-refractivity contribution in [2.24, 2.45) is 0 Å². The minimum absolute atomic E-state index is 0.0487. The van der Waals surface area contributed by atoms with Gasteiger partial charge in [-0.2, -0.15) is 0 Å². The molecule has 1 unspecified atom stereocenters. The lowest BCUT2D eigenvalue weighted by Gasteiger charge is -2.36. The average Bonchev–Trinajstić information content (AvgIpc) is 2.84. The number of nitrogens with zero attached hydrogens (tertiary/aromatic N) is 3. The van der Waals surface area contributed by atoms with Crippen LogP contribution in [0.15, 0.2) is 36.4 Å². The molecule has 2 amide bonds. The number of imide groups is 1. The van der Waals surface area contributed by atoms with Crippen molar-refractivity contribution in [2.75, 3.05) is 39.8 Å². The molecule has 23 heavy (non-hydrogen) atoms. The normalized spacial score (nSPS) is 24.0. The molecule has 1 atom stereocenters. The first kappa shape index (κ1) is 15.9. The maximum Gasteiger partial charge on any atom is 0.246 e. The van der Waals surface area contributed by atoms with Crippen molar-refractivity contribution >= 4 is 17.9 Å². The molecule has 2 saturated heterocycles. The smallest absolute Gasteiger partial charge is 0.246 e. The monoisotopic (exact) mass is 313 g/mol. The maximum atomic E-state index is 12.1.